The zero-order valence-electron chi connectivity index (χ0n) is 14.9. The lowest BCUT2D eigenvalue weighted by Crippen LogP contribution is -2.30. The number of carboxylic acid groups (broad SMARTS) is 1. The van der Waals surface area contributed by atoms with Crippen LogP contribution in [0.1, 0.15) is 17.5 Å². The standard InChI is InChI=1S/C20H15Cl2NO4S2/c21-15-2-1-3-16(22)14(15)11-27-13-6-4-12(5-7-13)10-17-19(26)23(20(28)29-17)9-8-18(24)25/h1-7,10H,8-9,11H2,(H,24,25)/b17-10-. The maximum atomic E-state index is 12.4. The smallest absolute Gasteiger partial charge is 0.305 e. The molecule has 0 atom stereocenters. The summed E-state index contributed by atoms with van der Waals surface area (Å²) in [5, 5.41) is 9.87. The Morgan fingerprint density at radius 3 is 2.45 bits per heavy atom. The van der Waals surface area contributed by atoms with Gasteiger partial charge in [0.15, 0.2) is 0 Å². The summed E-state index contributed by atoms with van der Waals surface area (Å²) in [5.74, 6) is -0.626. The van der Waals surface area contributed by atoms with Gasteiger partial charge in [0.2, 0.25) is 0 Å². The van der Waals surface area contributed by atoms with Crippen molar-refractivity contribution in [3.05, 3.63) is 68.5 Å². The summed E-state index contributed by atoms with van der Waals surface area (Å²) >= 11 is 18.6. The molecule has 1 saturated heterocycles. The maximum absolute atomic E-state index is 12.4. The van der Waals surface area contributed by atoms with Gasteiger partial charge >= 0.3 is 5.97 Å². The van der Waals surface area contributed by atoms with Crippen molar-refractivity contribution in [2.75, 3.05) is 6.54 Å². The fourth-order valence-corrected chi connectivity index (χ4v) is 4.35. The number of carbonyl (C=O) groups excluding carboxylic acids is 1. The molecule has 1 fully saturated rings. The van der Waals surface area contributed by atoms with Gasteiger partial charge in [-0.3, -0.25) is 14.5 Å². The number of hydrogen-bond acceptors (Lipinski definition) is 5. The SMILES string of the molecule is O=C(O)CCN1C(=O)/C(=C/c2ccc(OCc3c(Cl)cccc3Cl)cc2)SC1=S. The first-order valence-electron chi connectivity index (χ1n) is 8.48. The molecule has 3 rings (SSSR count). The summed E-state index contributed by atoms with van der Waals surface area (Å²) < 4.78 is 6.10. The summed E-state index contributed by atoms with van der Waals surface area (Å²) in [6.07, 6.45) is 1.57. The number of thioether (sulfide) groups is 1. The number of thiocarbonyl (C=S) groups is 1. The van der Waals surface area contributed by atoms with E-state index in [1.54, 1.807) is 36.4 Å². The first-order chi connectivity index (χ1) is 13.8. The van der Waals surface area contributed by atoms with Crippen LogP contribution in [0.3, 0.4) is 0 Å². The minimum atomic E-state index is -0.975. The summed E-state index contributed by atoms with van der Waals surface area (Å²) in [5.41, 5.74) is 1.51. The number of halogens is 2. The predicted octanol–water partition coefficient (Wildman–Crippen LogP) is 5.25. The second-order valence-electron chi connectivity index (χ2n) is 6.04. The normalized spacial score (nSPS) is 15.2. The van der Waals surface area contributed by atoms with E-state index >= 15 is 0 Å². The van der Waals surface area contributed by atoms with E-state index < -0.39 is 5.97 Å². The minimum Gasteiger partial charge on any atom is -0.489 e. The van der Waals surface area contributed by atoms with Gasteiger partial charge in [-0.1, -0.05) is 65.4 Å². The third kappa shape index (κ3) is 5.51. The summed E-state index contributed by atoms with van der Waals surface area (Å²) in [7, 11) is 0. The van der Waals surface area contributed by atoms with Crippen LogP contribution in [0, 0.1) is 0 Å². The Morgan fingerprint density at radius 1 is 1.17 bits per heavy atom. The minimum absolute atomic E-state index is 0.0642. The van der Waals surface area contributed by atoms with Gasteiger partial charge in [-0.25, -0.2) is 0 Å². The molecular weight excluding hydrogens is 453 g/mol. The number of rotatable bonds is 7. The third-order valence-corrected chi connectivity index (χ3v) is 6.13. The number of carboxylic acids is 1. The molecule has 150 valence electrons. The maximum Gasteiger partial charge on any atom is 0.305 e. The van der Waals surface area contributed by atoms with E-state index in [0.29, 0.717) is 30.6 Å². The summed E-state index contributed by atoms with van der Waals surface area (Å²) in [4.78, 5) is 24.9. The Morgan fingerprint density at radius 2 is 1.83 bits per heavy atom. The molecule has 1 aliphatic heterocycles. The first-order valence-corrected chi connectivity index (χ1v) is 10.5. The third-order valence-electron chi connectivity index (χ3n) is 4.05. The molecule has 1 heterocycles. The van der Waals surface area contributed by atoms with E-state index in [-0.39, 0.29) is 25.5 Å². The van der Waals surface area contributed by atoms with Crippen molar-refractivity contribution in [2.45, 2.75) is 13.0 Å². The van der Waals surface area contributed by atoms with Gasteiger partial charge in [-0.15, -0.1) is 0 Å². The highest BCUT2D eigenvalue weighted by Crippen LogP contribution is 2.33. The average molecular weight is 468 g/mol. The fraction of sp³-hybridized carbons (Fsp3) is 0.150. The monoisotopic (exact) mass is 467 g/mol. The lowest BCUT2D eigenvalue weighted by atomic mass is 10.2. The van der Waals surface area contributed by atoms with Crippen molar-refractivity contribution < 1.29 is 19.4 Å². The predicted molar refractivity (Wildman–Crippen MR) is 119 cm³/mol. The number of amides is 1. The Kier molecular flexibility index (Phi) is 7.18. The van der Waals surface area contributed by atoms with E-state index in [4.69, 9.17) is 45.3 Å². The Bertz CT molecular complexity index is 972. The molecule has 0 aliphatic carbocycles. The molecule has 2 aromatic rings. The van der Waals surface area contributed by atoms with Gasteiger partial charge < -0.3 is 9.84 Å². The van der Waals surface area contributed by atoms with Crippen LogP contribution in [-0.2, 0) is 16.2 Å². The Hall–Kier alpha value is -2.06. The lowest BCUT2D eigenvalue weighted by molar-refractivity contribution is -0.137. The van der Waals surface area contributed by atoms with Gasteiger partial charge in [-0.05, 0) is 35.9 Å². The van der Waals surface area contributed by atoms with Crippen LogP contribution in [0.4, 0.5) is 0 Å². The van der Waals surface area contributed by atoms with Gasteiger partial charge in [0.05, 0.1) is 11.3 Å². The molecular formula is C20H15Cl2NO4S2. The van der Waals surface area contributed by atoms with Gasteiger partial charge in [0.25, 0.3) is 5.91 Å². The number of carbonyl (C=O) groups is 2. The van der Waals surface area contributed by atoms with Crippen molar-refractivity contribution >= 4 is 69.5 Å². The lowest BCUT2D eigenvalue weighted by Gasteiger charge is -2.12. The van der Waals surface area contributed by atoms with Crippen LogP contribution in [-0.4, -0.2) is 32.7 Å². The molecule has 9 heteroatoms. The molecule has 1 amide bonds. The van der Waals surface area contributed by atoms with Crippen LogP contribution in [0.25, 0.3) is 6.08 Å². The molecule has 29 heavy (non-hydrogen) atoms. The number of benzene rings is 2. The molecule has 2 aromatic carbocycles. The van der Waals surface area contributed by atoms with E-state index in [0.717, 1.165) is 17.3 Å². The molecule has 0 bridgehead atoms. The van der Waals surface area contributed by atoms with Crippen LogP contribution in [0.15, 0.2) is 47.4 Å². The Labute approximate surface area is 187 Å². The quantitative estimate of drug-likeness (QED) is 0.443. The highest BCUT2D eigenvalue weighted by atomic mass is 35.5. The Balaban J connectivity index is 1.65. The topological polar surface area (TPSA) is 66.8 Å². The van der Waals surface area contributed by atoms with Crippen LogP contribution < -0.4 is 4.74 Å². The number of hydrogen-bond donors (Lipinski definition) is 1. The number of ether oxygens (including phenoxy) is 1. The molecule has 5 nitrogen and oxygen atoms in total. The molecule has 0 aromatic heterocycles. The van der Waals surface area contributed by atoms with Crippen LogP contribution >= 0.6 is 47.2 Å². The van der Waals surface area contributed by atoms with E-state index in [2.05, 4.69) is 0 Å². The molecule has 1 aliphatic rings. The fourth-order valence-electron chi connectivity index (χ4n) is 2.54. The largest absolute Gasteiger partial charge is 0.489 e. The van der Waals surface area contributed by atoms with Crippen LogP contribution in [0.2, 0.25) is 10.0 Å². The van der Waals surface area contributed by atoms with E-state index in [1.165, 1.54) is 4.90 Å². The highest BCUT2D eigenvalue weighted by Gasteiger charge is 2.31. The van der Waals surface area contributed by atoms with Crippen LogP contribution in [0.5, 0.6) is 5.75 Å². The number of nitrogens with zero attached hydrogens (tertiary/aromatic N) is 1. The average Bonchev–Trinajstić information content (AvgIpc) is 2.94. The van der Waals surface area contributed by atoms with E-state index in [9.17, 15) is 9.59 Å². The summed E-state index contributed by atoms with van der Waals surface area (Å²) in [6, 6.07) is 12.5. The number of aliphatic carboxylic acids is 1. The molecule has 0 unspecified atom stereocenters. The molecule has 0 spiro atoms. The van der Waals surface area contributed by atoms with Crippen molar-refractivity contribution in [3.8, 4) is 5.75 Å². The van der Waals surface area contributed by atoms with Gasteiger partial charge in [0.1, 0.15) is 16.7 Å². The zero-order chi connectivity index (χ0) is 21.0. The van der Waals surface area contributed by atoms with Crippen molar-refractivity contribution in [2.24, 2.45) is 0 Å². The second-order valence-corrected chi connectivity index (χ2v) is 8.53. The molecule has 0 radical (unpaired) electrons. The first kappa shape index (κ1) is 21.6. The van der Waals surface area contributed by atoms with Gasteiger partial charge in [0, 0.05) is 22.2 Å². The molecule has 1 N–H and O–H groups in total. The molecule has 0 saturated carbocycles. The zero-order valence-corrected chi connectivity index (χ0v) is 18.1. The van der Waals surface area contributed by atoms with Crippen molar-refractivity contribution in [1.29, 1.82) is 0 Å². The van der Waals surface area contributed by atoms with E-state index in [1.807, 2.05) is 12.1 Å². The van der Waals surface area contributed by atoms with Crippen molar-refractivity contribution in [1.82, 2.24) is 4.90 Å². The van der Waals surface area contributed by atoms with Gasteiger partial charge in [-0.2, -0.15) is 0 Å². The van der Waals surface area contributed by atoms with Crippen molar-refractivity contribution in [3.63, 3.8) is 0 Å². The highest BCUT2D eigenvalue weighted by molar-refractivity contribution is 8.26. The summed E-state index contributed by atoms with van der Waals surface area (Å²) in [6.45, 7) is 0.300. The second kappa shape index (κ2) is 9.63.